The summed E-state index contributed by atoms with van der Waals surface area (Å²) in [5, 5.41) is 0. The Hall–Kier alpha value is -2.25. The molecule has 0 bridgehead atoms. The first kappa shape index (κ1) is 50.8. The van der Waals surface area contributed by atoms with Crippen LogP contribution in [0, 0.1) is 0 Å². The lowest BCUT2D eigenvalue weighted by atomic mass is 10.1. The van der Waals surface area contributed by atoms with E-state index in [2.05, 4.69) is 67.0 Å². The molecule has 2 unspecified atom stereocenters. The van der Waals surface area contributed by atoms with E-state index >= 15 is 0 Å². The maximum absolute atomic E-state index is 12.4. The van der Waals surface area contributed by atoms with Crippen molar-refractivity contribution in [3.8, 4) is 0 Å². The third-order valence-electron chi connectivity index (χ3n) is 8.76. The molecular formula is C44H77O8P. The Morgan fingerprint density at radius 2 is 1.00 bits per heavy atom. The van der Waals surface area contributed by atoms with Crippen LogP contribution < -0.4 is 0 Å². The first-order valence-electron chi connectivity index (χ1n) is 21.0. The summed E-state index contributed by atoms with van der Waals surface area (Å²) < 4.78 is 31.8. The molecule has 8 nitrogen and oxygen atoms in total. The third-order valence-corrected chi connectivity index (χ3v) is 9.70. The summed E-state index contributed by atoms with van der Waals surface area (Å²) >= 11 is 0. The lowest BCUT2D eigenvalue weighted by Gasteiger charge is -2.19. The molecule has 0 saturated heterocycles. The Morgan fingerprint density at radius 3 is 1.51 bits per heavy atom. The lowest BCUT2D eigenvalue weighted by molar-refractivity contribution is -0.161. The van der Waals surface area contributed by atoms with Gasteiger partial charge in [-0.05, 0) is 64.2 Å². The molecule has 306 valence electrons. The number of carbonyl (C=O) groups is 2. The Bertz CT molecular complexity index is 1050. The van der Waals surface area contributed by atoms with Crippen molar-refractivity contribution in [3.05, 3.63) is 60.8 Å². The fourth-order valence-electron chi connectivity index (χ4n) is 5.55. The molecule has 0 aliphatic rings. The van der Waals surface area contributed by atoms with E-state index in [4.69, 9.17) is 14.0 Å². The fraction of sp³-hybridized carbons (Fsp3) is 0.727. The molecule has 0 aromatic rings. The molecule has 0 spiro atoms. The number of carbonyl (C=O) groups excluding carboxylic acids is 2. The molecule has 0 aliphatic carbocycles. The molecule has 0 rings (SSSR count). The summed E-state index contributed by atoms with van der Waals surface area (Å²) in [5.41, 5.74) is 0. The van der Waals surface area contributed by atoms with Crippen LogP contribution in [0.25, 0.3) is 0 Å². The number of allylic oxidation sites excluding steroid dienone is 10. The molecule has 53 heavy (non-hydrogen) atoms. The zero-order chi connectivity index (χ0) is 38.9. The molecule has 0 amide bonds. The molecule has 0 saturated carbocycles. The van der Waals surface area contributed by atoms with Gasteiger partial charge in [0.2, 0.25) is 0 Å². The van der Waals surface area contributed by atoms with Gasteiger partial charge in [0.25, 0.3) is 0 Å². The van der Waals surface area contributed by atoms with E-state index in [1.165, 1.54) is 103 Å². The van der Waals surface area contributed by atoms with E-state index in [0.29, 0.717) is 6.42 Å². The van der Waals surface area contributed by atoms with Gasteiger partial charge < -0.3 is 14.4 Å². The predicted molar refractivity (Wildman–Crippen MR) is 221 cm³/mol. The molecular weight excluding hydrogens is 687 g/mol. The monoisotopic (exact) mass is 765 g/mol. The van der Waals surface area contributed by atoms with Crippen LogP contribution in [0.5, 0.6) is 0 Å². The van der Waals surface area contributed by atoms with Crippen molar-refractivity contribution in [2.45, 2.75) is 187 Å². The number of hydrogen-bond acceptors (Lipinski definition) is 7. The molecule has 0 fully saturated rings. The molecule has 1 N–H and O–H groups in total. The topological polar surface area (TPSA) is 108 Å². The summed E-state index contributed by atoms with van der Waals surface area (Å²) in [6, 6.07) is 0. The molecule has 2 atom stereocenters. The molecule has 0 aromatic carbocycles. The number of unbranched alkanes of at least 4 members (excludes halogenated alkanes) is 17. The Kier molecular flexibility index (Phi) is 37.8. The first-order valence-corrected chi connectivity index (χ1v) is 22.5. The SMILES string of the molecule is CC/C=C\C/C=C\C/C=C\C/C=C\CCC(=O)OC(COC(=O)CCCCCCCCCCC/C=C\CCCCCCCCCC)COP(=O)(O)OC. The van der Waals surface area contributed by atoms with Gasteiger partial charge in [-0.15, -0.1) is 0 Å². The molecule has 0 radical (unpaired) electrons. The maximum Gasteiger partial charge on any atom is 0.472 e. The average molecular weight is 765 g/mol. The number of phosphoric acid groups is 1. The number of ether oxygens (including phenoxy) is 2. The van der Waals surface area contributed by atoms with Crippen LogP contribution >= 0.6 is 7.82 Å². The lowest BCUT2D eigenvalue weighted by Crippen LogP contribution is -2.29. The average Bonchev–Trinajstić information content (AvgIpc) is 3.15. The highest BCUT2D eigenvalue weighted by Crippen LogP contribution is 2.42. The van der Waals surface area contributed by atoms with Crippen LogP contribution in [0.4, 0.5) is 0 Å². The van der Waals surface area contributed by atoms with Gasteiger partial charge in [0.05, 0.1) is 6.61 Å². The summed E-state index contributed by atoms with van der Waals surface area (Å²) in [4.78, 5) is 34.4. The second-order valence-corrected chi connectivity index (χ2v) is 15.3. The summed E-state index contributed by atoms with van der Waals surface area (Å²) in [7, 11) is -3.23. The third kappa shape index (κ3) is 39.3. The zero-order valence-corrected chi connectivity index (χ0v) is 34.8. The standard InChI is InChI=1S/C44H77O8P/c1-4-6-8-10-12-14-16-18-19-20-21-22-23-24-25-27-28-30-32-34-36-38-43(45)50-40-42(41-51-53(47,48)49-3)52-44(46)39-37-35-33-31-29-26-17-15-13-11-9-7-5-2/h7,9,13,15,20-21,26,29,33,35,42H,4-6,8,10-12,14,16-19,22-25,27-28,30-32,34,36-41H2,1-3H3,(H,47,48)/b9-7-,15-13-,21-20-,29-26-,35-33-. The van der Waals surface area contributed by atoms with Gasteiger partial charge in [-0.1, -0.05) is 164 Å². The van der Waals surface area contributed by atoms with E-state index < -0.39 is 32.5 Å². The molecule has 9 heteroatoms. The van der Waals surface area contributed by atoms with Crippen LogP contribution in [0.15, 0.2) is 60.8 Å². The van der Waals surface area contributed by atoms with Crippen LogP contribution in [0.3, 0.4) is 0 Å². The van der Waals surface area contributed by atoms with Gasteiger partial charge in [-0.2, -0.15) is 0 Å². The van der Waals surface area contributed by atoms with Gasteiger partial charge in [0.15, 0.2) is 6.10 Å². The van der Waals surface area contributed by atoms with Crippen molar-refractivity contribution in [2.24, 2.45) is 0 Å². The van der Waals surface area contributed by atoms with Gasteiger partial charge in [0.1, 0.15) is 6.61 Å². The van der Waals surface area contributed by atoms with E-state index in [-0.39, 0.29) is 19.4 Å². The Labute approximate surface area is 324 Å². The Balaban J connectivity index is 4.03. The fourth-order valence-corrected chi connectivity index (χ4v) is 6.01. The first-order chi connectivity index (χ1) is 25.8. The van der Waals surface area contributed by atoms with E-state index in [9.17, 15) is 19.0 Å². The van der Waals surface area contributed by atoms with E-state index in [0.717, 1.165) is 52.1 Å². The van der Waals surface area contributed by atoms with Crippen LogP contribution in [-0.2, 0) is 32.7 Å². The van der Waals surface area contributed by atoms with Crippen LogP contribution in [0.1, 0.15) is 181 Å². The van der Waals surface area contributed by atoms with Crippen LogP contribution in [-0.4, -0.2) is 43.3 Å². The predicted octanol–water partition coefficient (Wildman–Crippen LogP) is 13.2. The summed E-state index contributed by atoms with van der Waals surface area (Å²) in [6.07, 6.45) is 48.7. The van der Waals surface area contributed by atoms with Crippen molar-refractivity contribution in [1.82, 2.24) is 0 Å². The normalized spacial score (nSPS) is 14.0. The minimum Gasteiger partial charge on any atom is -0.462 e. The van der Waals surface area contributed by atoms with Crippen molar-refractivity contribution in [1.29, 1.82) is 0 Å². The smallest absolute Gasteiger partial charge is 0.462 e. The minimum absolute atomic E-state index is 0.122. The van der Waals surface area contributed by atoms with Crippen molar-refractivity contribution in [3.63, 3.8) is 0 Å². The largest absolute Gasteiger partial charge is 0.472 e. The van der Waals surface area contributed by atoms with Gasteiger partial charge in [-0.3, -0.25) is 18.6 Å². The van der Waals surface area contributed by atoms with Crippen molar-refractivity contribution >= 4 is 19.8 Å². The van der Waals surface area contributed by atoms with Crippen molar-refractivity contribution in [2.75, 3.05) is 20.3 Å². The highest BCUT2D eigenvalue weighted by molar-refractivity contribution is 7.47. The quantitative estimate of drug-likeness (QED) is 0.0286. The van der Waals surface area contributed by atoms with Gasteiger partial charge >= 0.3 is 19.8 Å². The van der Waals surface area contributed by atoms with E-state index in [1.807, 2.05) is 12.2 Å². The highest BCUT2D eigenvalue weighted by Gasteiger charge is 2.24. The number of rotatable bonds is 38. The molecule has 0 heterocycles. The zero-order valence-electron chi connectivity index (χ0n) is 33.9. The summed E-state index contributed by atoms with van der Waals surface area (Å²) in [5.74, 6) is -0.903. The molecule has 0 aromatic heterocycles. The summed E-state index contributed by atoms with van der Waals surface area (Å²) in [6.45, 7) is 3.70. The van der Waals surface area contributed by atoms with Crippen molar-refractivity contribution < 1.29 is 37.6 Å². The second kappa shape index (κ2) is 39.4. The molecule has 0 aliphatic heterocycles. The van der Waals surface area contributed by atoms with Gasteiger partial charge in [-0.25, -0.2) is 4.57 Å². The number of esters is 2. The maximum atomic E-state index is 12.4. The number of phosphoric ester groups is 1. The Morgan fingerprint density at radius 1 is 0.547 bits per heavy atom. The minimum atomic E-state index is -4.28. The second-order valence-electron chi connectivity index (χ2n) is 13.7. The van der Waals surface area contributed by atoms with Gasteiger partial charge in [0, 0.05) is 20.0 Å². The highest BCUT2D eigenvalue weighted by atomic mass is 31.2. The number of hydrogen-bond donors (Lipinski definition) is 1. The van der Waals surface area contributed by atoms with E-state index in [1.54, 1.807) is 0 Å². The van der Waals surface area contributed by atoms with Crippen LogP contribution in [0.2, 0.25) is 0 Å².